The summed E-state index contributed by atoms with van der Waals surface area (Å²) < 4.78 is 4.57. The van der Waals surface area contributed by atoms with E-state index in [2.05, 4.69) is 4.74 Å². The van der Waals surface area contributed by atoms with Gasteiger partial charge in [-0.15, -0.1) is 0 Å². The van der Waals surface area contributed by atoms with Gasteiger partial charge in [-0.3, -0.25) is 4.79 Å². The fraction of sp³-hybridized carbons (Fsp3) is 0.778. The molecule has 0 radical (unpaired) electrons. The number of ether oxygens (including phenoxy) is 1. The van der Waals surface area contributed by atoms with E-state index in [1.165, 1.54) is 7.11 Å². The molecule has 3 nitrogen and oxygen atoms in total. The van der Waals surface area contributed by atoms with E-state index in [0.29, 0.717) is 0 Å². The van der Waals surface area contributed by atoms with Gasteiger partial charge in [0.05, 0.1) is 13.0 Å². The fourth-order valence-electron chi connectivity index (χ4n) is 0.980. The van der Waals surface area contributed by atoms with Crippen molar-refractivity contribution in [3.05, 3.63) is 0 Å². The molecule has 0 aromatic carbocycles. The van der Waals surface area contributed by atoms with Crippen molar-refractivity contribution in [1.82, 2.24) is 0 Å². The second kappa shape index (κ2) is 4.91. The summed E-state index contributed by atoms with van der Waals surface area (Å²) in [4.78, 5) is 21.4. The standard InChI is InChI=1S/C9H16O3/c1-6(5-10)7(2)8(3)9(11)12-4/h5-8H,1-4H3/t6-,7-,8?/m0/s1. The highest BCUT2D eigenvalue weighted by molar-refractivity contribution is 5.72. The molecule has 0 N–H and O–H groups in total. The van der Waals surface area contributed by atoms with Crippen LogP contribution in [0.4, 0.5) is 0 Å². The third-order valence-corrected chi connectivity index (χ3v) is 2.41. The molecule has 1 unspecified atom stereocenters. The first-order valence-electron chi connectivity index (χ1n) is 4.07. The van der Waals surface area contributed by atoms with Gasteiger partial charge in [0.2, 0.25) is 0 Å². The minimum Gasteiger partial charge on any atom is -0.469 e. The minimum atomic E-state index is -0.254. The smallest absolute Gasteiger partial charge is 0.308 e. The number of rotatable bonds is 4. The van der Waals surface area contributed by atoms with Crippen LogP contribution in [-0.4, -0.2) is 19.4 Å². The summed E-state index contributed by atoms with van der Waals surface area (Å²) >= 11 is 0. The van der Waals surface area contributed by atoms with Gasteiger partial charge in [-0.2, -0.15) is 0 Å². The highest BCUT2D eigenvalue weighted by Gasteiger charge is 2.24. The van der Waals surface area contributed by atoms with Crippen molar-refractivity contribution >= 4 is 12.3 Å². The van der Waals surface area contributed by atoms with E-state index in [1.807, 2.05) is 6.92 Å². The Morgan fingerprint density at radius 3 is 2.17 bits per heavy atom. The van der Waals surface area contributed by atoms with E-state index in [4.69, 9.17) is 0 Å². The Kier molecular flexibility index (Phi) is 4.55. The molecule has 0 bridgehead atoms. The number of methoxy groups -OCH3 is 1. The second-order valence-electron chi connectivity index (χ2n) is 3.17. The molecule has 0 amide bonds. The third-order valence-electron chi connectivity index (χ3n) is 2.41. The lowest BCUT2D eigenvalue weighted by atomic mass is 9.86. The van der Waals surface area contributed by atoms with Crippen LogP contribution >= 0.6 is 0 Å². The summed E-state index contributed by atoms with van der Waals surface area (Å²) in [7, 11) is 1.36. The first-order valence-corrected chi connectivity index (χ1v) is 4.07. The molecule has 3 heteroatoms. The monoisotopic (exact) mass is 172 g/mol. The van der Waals surface area contributed by atoms with Gasteiger partial charge in [0.25, 0.3) is 0 Å². The number of hydrogen-bond donors (Lipinski definition) is 0. The zero-order valence-corrected chi connectivity index (χ0v) is 8.03. The predicted molar refractivity (Wildman–Crippen MR) is 45.6 cm³/mol. The van der Waals surface area contributed by atoms with Gasteiger partial charge in [-0.25, -0.2) is 0 Å². The third kappa shape index (κ3) is 2.64. The zero-order valence-electron chi connectivity index (χ0n) is 8.03. The molecule has 0 saturated heterocycles. The largest absolute Gasteiger partial charge is 0.469 e. The van der Waals surface area contributed by atoms with Gasteiger partial charge in [0, 0.05) is 5.92 Å². The Balaban J connectivity index is 4.17. The molecule has 0 aliphatic heterocycles. The molecular formula is C9H16O3. The van der Waals surface area contributed by atoms with Crippen LogP contribution in [-0.2, 0) is 14.3 Å². The average Bonchev–Trinajstić information content (AvgIpc) is 2.12. The van der Waals surface area contributed by atoms with Crippen LogP contribution in [0.2, 0.25) is 0 Å². The minimum absolute atomic E-state index is 0.0370. The van der Waals surface area contributed by atoms with Crippen LogP contribution in [0, 0.1) is 17.8 Å². The van der Waals surface area contributed by atoms with Crippen molar-refractivity contribution in [2.45, 2.75) is 20.8 Å². The van der Waals surface area contributed by atoms with Gasteiger partial charge in [0.1, 0.15) is 6.29 Å². The Hall–Kier alpha value is -0.860. The number of carbonyl (C=O) groups is 2. The summed E-state index contributed by atoms with van der Waals surface area (Å²) in [6, 6.07) is 0. The van der Waals surface area contributed by atoms with Crippen LogP contribution in [0.1, 0.15) is 20.8 Å². The molecule has 0 spiro atoms. The number of aldehydes is 1. The molecule has 0 aliphatic carbocycles. The maximum absolute atomic E-state index is 11.0. The lowest BCUT2D eigenvalue weighted by Gasteiger charge is -2.19. The van der Waals surface area contributed by atoms with Gasteiger partial charge in [-0.1, -0.05) is 20.8 Å². The summed E-state index contributed by atoms with van der Waals surface area (Å²) in [5, 5.41) is 0. The normalized spacial score (nSPS) is 17.7. The Morgan fingerprint density at radius 2 is 1.83 bits per heavy atom. The number of hydrogen-bond acceptors (Lipinski definition) is 3. The number of carbonyl (C=O) groups excluding carboxylic acids is 2. The van der Waals surface area contributed by atoms with E-state index >= 15 is 0 Å². The Bertz CT molecular complexity index is 165. The van der Waals surface area contributed by atoms with E-state index in [-0.39, 0.29) is 23.7 Å². The first kappa shape index (κ1) is 11.1. The van der Waals surface area contributed by atoms with Gasteiger partial charge >= 0.3 is 5.97 Å². The van der Waals surface area contributed by atoms with Crippen LogP contribution < -0.4 is 0 Å². The maximum atomic E-state index is 11.0. The topological polar surface area (TPSA) is 43.4 Å². The van der Waals surface area contributed by atoms with E-state index in [1.54, 1.807) is 13.8 Å². The van der Waals surface area contributed by atoms with Crippen molar-refractivity contribution in [1.29, 1.82) is 0 Å². The van der Waals surface area contributed by atoms with Crippen LogP contribution in [0.3, 0.4) is 0 Å². The summed E-state index contributed by atoms with van der Waals surface area (Å²) in [5.41, 5.74) is 0. The lowest BCUT2D eigenvalue weighted by Crippen LogP contribution is -2.25. The zero-order chi connectivity index (χ0) is 9.72. The molecule has 0 fully saturated rings. The van der Waals surface area contributed by atoms with Gasteiger partial charge in [0.15, 0.2) is 0 Å². The first-order chi connectivity index (χ1) is 5.54. The van der Waals surface area contributed by atoms with Gasteiger partial charge < -0.3 is 9.53 Å². The molecule has 0 aromatic rings. The lowest BCUT2D eigenvalue weighted by molar-refractivity contribution is -0.147. The quantitative estimate of drug-likeness (QED) is 0.473. The second-order valence-corrected chi connectivity index (χ2v) is 3.17. The predicted octanol–water partition coefficient (Wildman–Crippen LogP) is 1.27. The molecule has 0 rings (SSSR count). The van der Waals surface area contributed by atoms with Crippen molar-refractivity contribution in [3.63, 3.8) is 0 Å². The molecule has 12 heavy (non-hydrogen) atoms. The summed E-state index contributed by atoms with van der Waals surface area (Å²) in [6.07, 6.45) is 0.865. The van der Waals surface area contributed by atoms with Crippen molar-refractivity contribution in [2.75, 3.05) is 7.11 Å². The molecule has 0 heterocycles. The molecule has 3 atom stereocenters. The molecule has 70 valence electrons. The van der Waals surface area contributed by atoms with Crippen LogP contribution in [0.5, 0.6) is 0 Å². The molecular weight excluding hydrogens is 156 g/mol. The van der Waals surface area contributed by atoms with Crippen LogP contribution in [0.15, 0.2) is 0 Å². The average molecular weight is 172 g/mol. The summed E-state index contributed by atoms with van der Waals surface area (Å²) in [6.45, 7) is 5.45. The molecule has 0 saturated carbocycles. The number of esters is 1. The molecule has 0 aliphatic rings. The van der Waals surface area contributed by atoms with E-state index in [0.717, 1.165) is 6.29 Å². The highest BCUT2D eigenvalue weighted by Crippen LogP contribution is 2.19. The van der Waals surface area contributed by atoms with Crippen LogP contribution in [0.25, 0.3) is 0 Å². The Labute approximate surface area is 73.1 Å². The summed E-state index contributed by atoms with van der Waals surface area (Å²) in [5.74, 6) is -0.527. The fourth-order valence-corrected chi connectivity index (χ4v) is 0.980. The SMILES string of the molecule is COC(=O)C(C)[C@@H](C)[C@@H](C)C=O. The maximum Gasteiger partial charge on any atom is 0.308 e. The van der Waals surface area contributed by atoms with Crippen molar-refractivity contribution in [3.8, 4) is 0 Å². The van der Waals surface area contributed by atoms with Gasteiger partial charge in [-0.05, 0) is 5.92 Å². The van der Waals surface area contributed by atoms with Crippen molar-refractivity contribution < 1.29 is 14.3 Å². The Morgan fingerprint density at radius 1 is 1.33 bits per heavy atom. The van der Waals surface area contributed by atoms with E-state index in [9.17, 15) is 9.59 Å². The highest BCUT2D eigenvalue weighted by atomic mass is 16.5. The van der Waals surface area contributed by atoms with E-state index < -0.39 is 0 Å². The molecule has 0 aromatic heterocycles. The van der Waals surface area contributed by atoms with Crippen molar-refractivity contribution in [2.24, 2.45) is 17.8 Å².